The van der Waals surface area contributed by atoms with E-state index in [9.17, 15) is 9.59 Å². The molecule has 0 aliphatic rings. The van der Waals surface area contributed by atoms with Crippen molar-refractivity contribution in [2.45, 2.75) is 6.54 Å². The zero-order valence-electron chi connectivity index (χ0n) is 12.7. The van der Waals surface area contributed by atoms with Gasteiger partial charge in [-0.25, -0.2) is 4.79 Å². The minimum atomic E-state index is -0.394. The van der Waals surface area contributed by atoms with Gasteiger partial charge in [-0.05, 0) is 29.8 Å². The van der Waals surface area contributed by atoms with E-state index < -0.39 is 5.91 Å². The van der Waals surface area contributed by atoms with Crippen LogP contribution < -0.4 is 11.0 Å². The highest BCUT2D eigenvalue weighted by atomic mass is 16.2. The summed E-state index contributed by atoms with van der Waals surface area (Å²) in [5.74, 6) is -0.394. The predicted molar refractivity (Wildman–Crippen MR) is 89.7 cm³/mol. The molecule has 0 bridgehead atoms. The van der Waals surface area contributed by atoms with Crippen molar-refractivity contribution in [3.05, 3.63) is 88.1 Å². The summed E-state index contributed by atoms with van der Waals surface area (Å²) in [6.07, 6.45) is 1.39. The summed E-state index contributed by atoms with van der Waals surface area (Å²) in [5, 5.41) is 11.5. The van der Waals surface area contributed by atoms with Crippen molar-refractivity contribution in [3.63, 3.8) is 0 Å². The molecule has 0 aliphatic carbocycles. The van der Waals surface area contributed by atoms with Crippen molar-refractivity contribution < 1.29 is 4.79 Å². The predicted octanol–water partition coefficient (Wildman–Crippen LogP) is 2.35. The van der Waals surface area contributed by atoms with Gasteiger partial charge in [0.1, 0.15) is 5.69 Å². The van der Waals surface area contributed by atoms with Gasteiger partial charge in [0.2, 0.25) is 0 Å². The summed E-state index contributed by atoms with van der Waals surface area (Å²) in [6, 6.07) is 18.0. The molecule has 2 N–H and O–H groups in total. The van der Waals surface area contributed by atoms with Crippen LogP contribution in [0.5, 0.6) is 0 Å². The fourth-order valence-electron chi connectivity index (χ4n) is 2.33. The van der Waals surface area contributed by atoms with Crippen molar-refractivity contribution in [1.29, 1.82) is 5.26 Å². The zero-order chi connectivity index (χ0) is 16.9. The SMILES string of the molecule is N#Cc1ccc(NC(=O)c2c[nH]c(=O)n2Cc2ccccc2)cc1. The van der Waals surface area contributed by atoms with Gasteiger partial charge < -0.3 is 10.3 Å². The Morgan fingerprint density at radius 2 is 1.83 bits per heavy atom. The number of carbonyl (C=O) groups is 1. The first-order valence-corrected chi connectivity index (χ1v) is 7.31. The average molecular weight is 318 g/mol. The second-order valence-corrected chi connectivity index (χ2v) is 5.19. The summed E-state index contributed by atoms with van der Waals surface area (Å²) in [6.45, 7) is 0.305. The molecule has 2 aromatic carbocycles. The molecular weight excluding hydrogens is 304 g/mol. The molecule has 0 atom stereocenters. The van der Waals surface area contributed by atoms with Gasteiger partial charge in [0.05, 0.1) is 18.2 Å². The van der Waals surface area contributed by atoms with Crippen molar-refractivity contribution >= 4 is 11.6 Å². The quantitative estimate of drug-likeness (QED) is 0.773. The van der Waals surface area contributed by atoms with Gasteiger partial charge in [-0.3, -0.25) is 9.36 Å². The molecule has 1 heterocycles. The topological polar surface area (TPSA) is 90.7 Å². The molecule has 0 radical (unpaired) electrons. The molecule has 3 aromatic rings. The van der Waals surface area contributed by atoms with E-state index in [2.05, 4.69) is 10.3 Å². The summed E-state index contributed by atoms with van der Waals surface area (Å²) in [5.41, 5.74) is 1.89. The number of anilines is 1. The molecule has 6 nitrogen and oxygen atoms in total. The lowest BCUT2D eigenvalue weighted by Gasteiger charge is -2.08. The van der Waals surface area contributed by atoms with E-state index >= 15 is 0 Å². The lowest BCUT2D eigenvalue weighted by atomic mass is 10.2. The number of H-pyrrole nitrogens is 1. The fourth-order valence-corrected chi connectivity index (χ4v) is 2.33. The molecule has 24 heavy (non-hydrogen) atoms. The smallest absolute Gasteiger partial charge is 0.321 e. The maximum atomic E-state index is 12.4. The van der Waals surface area contributed by atoms with Crippen molar-refractivity contribution in [2.75, 3.05) is 5.32 Å². The van der Waals surface area contributed by atoms with Crippen LogP contribution in [-0.2, 0) is 6.54 Å². The molecule has 0 aliphatic heterocycles. The molecule has 0 fully saturated rings. The average Bonchev–Trinajstić information content (AvgIpc) is 2.97. The highest BCUT2D eigenvalue weighted by Crippen LogP contribution is 2.11. The molecule has 6 heteroatoms. The van der Waals surface area contributed by atoms with E-state index in [0.717, 1.165) is 5.56 Å². The summed E-state index contributed by atoms with van der Waals surface area (Å²) in [7, 11) is 0. The highest BCUT2D eigenvalue weighted by molar-refractivity contribution is 6.03. The van der Waals surface area contributed by atoms with Crippen LogP contribution in [-0.4, -0.2) is 15.5 Å². The number of benzene rings is 2. The van der Waals surface area contributed by atoms with Gasteiger partial charge in [-0.2, -0.15) is 5.26 Å². The van der Waals surface area contributed by atoms with Crippen LogP contribution in [0.25, 0.3) is 0 Å². The maximum Gasteiger partial charge on any atom is 0.326 e. The zero-order valence-corrected chi connectivity index (χ0v) is 12.7. The van der Waals surface area contributed by atoms with E-state index in [1.165, 1.54) is 10.8 Å². The molecular formula is C18H14N4O2. The molecule has 0 unspecified atom stereocenters. The number of nitrogens with zero attached hydrogens (tertiary/aromatic N) is 2. The number of rotatable bonds is 4. The third kappa shape index (κ3) is 3.25. The van der Waals surface area contributed by atoms with Gasteiger partial charge in [-0.1, -0.05) is 30.3 Å². The van der Waals surface area contributed by atoms with Crippen molar-refractivity contribution in [1.82, 2.24) is 9.55 Å². The number of carbonyl (C=O) groups excluding carboxylic acids is 1. The van der Waals surface area contributed by atoms with Crippen LogP contribution in [0.2, 0.25) is 0 Å². The Labute approximate surface area is 138 Å². The van der Waals surface area contributed by atoms with E-state index in [0.29, 0.717) is 17.8 Å². The van der Waals surface area contributed by atoms with Crippen LogP contribution in [0.1, 0.15) is 21.6 Å². The lowest BCUT2D eigenvalue weighted by molar-refractivity contribution is 0.101. The molecule has 118 valence electrons. The number of hydrogen-bond donors (Lipinski definition) is 2. The molecule has 1 amide bonds. The minimum Gasteiger partial charge on any atom is -0.321 e. The van der Waals surface area contributed by atoms with E-state index in [-0.39, 0.29) is 11.4 Å². The summed E-state index contributed by atoms with van der Waals surface area (Å²) in [4.78, 5) is 27.0. The second kappa shape index (κ2) is 6.67. The number of aromatic nitrogens is 2. The number of hydrogen-bond acceptors (Lipinski definition) is 3. The van der Waals surface area contributed by atoms with Crippen LogP contribution in [0.3, 0.4) is 0 Å². The third-order valence-electron chi connectivity index (χ3n) is 3.56. The number of aromatic amines is 1. The van der Waals surface area contributed by atoms with Crippen molar-refractivity contribution in [3.8, 4) is 6.07 Å². The van der Waals surface area contributed by atoms with E-state index in [1.54, 1.807) is 24.3 Å². The number of nitriles is 1. The van der Waals surface area contributed by atoms with Gasteiger partial charge in [-0.15, -0.1) is 0 Å². The number of imidazole rings is 1. The molecule has 3 rings (SSSR count). The lowest BCUT2D eigenvalue weighted by Crippen LogP contribution is -2.24. The standard InChI is InChI=1S/C18H14N4O2/c19-10-13-6-8-15(9-7-13)21-17(23)16-11-20-18(24)22(16)12-14-4-2-1-3-5-14/h1-9,11H,12H2,(H,20,24)(H,21,23). The minimum absolute atomic E-state index is 0.244. The van der Waals surface area contributed by atoms with Gasteiger partial charge in [0, 0.05) is 11.9 Å². The molecule has 0 saturated carbocycles. The summed E-state index contributed by atoms with van der Waals surface area (Å²) >= 11 is 0. The Hall–Kier alpha value is -3.59. The van der Waals surface area contributed by atoms with Gasteiger partial charge in [0.25, 0.3) is 5.91 Å². The first-order chi connectivity index (χ1) is 11.7. The highest BCUT2D eigenvalue weighted by Gasteiger charge is 2.15. The van der Waals surface area contributed by atoms with Crippen LogP contribution in [0, 0.1) is 11.3 Å². The Balaban J connectivity index is 1.82. The first-order valence-electron chi connectivity index (χ1n) is 7.31. The Morgan fingerprint density at radius 1 is 1.12 bits per heavy atom. The monoisotopic (exact) mass is 318 g/mol. The molecule has 1 aromatic heterocycles. The van der Waals surface area contributed by atoms with E-state index in [4.69, 9.17) is 5.26 Å². The molecule has 0 saturated heterocycles. The third-order valence-corrected chi connectivity index (χ3v) is 3.56. The molecule has 0 spiro atoms. The number of nitrogens with one attached hydrogen (secondary N) is 2. The Kier molecular flexibility index (Phi) is 4.25. The fraction of sp³-hybridized carbons (Fsp3) is 0.0556. The number of amides is 1. The van der Waals surface area contributed by atoms with Gasteiger partial charge in [0.15, 0.2) is 0 Å². The largest absolute Gasteiger partial charge is 0.326 e. The first kappa shape index (κ1) is 15.3. The van der Waals surface area contributed by atoms with Crippen LogP contribution in [0.15, 0.2) is 65.6 Å². The Bertz CT molecular complexity index is 947. The normalized spacial score (nSPS) is 10.1. The van der Waals surface area contributed by atoms with Crippen LogP contribution >= 0.6 is 0 Å². The van der Waals surface area contributed by atoms with Crippen molar-refractivity contribution in [2.24, 2.45) is 0 Å². The second-order valence-electron chi connectivity index (χ2n) is 5.19. The Morgan fingerprint density at radius 3 is 2.50 bits per heavy atom. The summed E-state index contributed by atoms with van der Waals surface area (Å²) < 4.78 is 1.38. The maximum absolute atomic E-state index is 12.4. The van der Waals surface area contributed by atoms with Gasteiger partial charge >= 0.3 is 5.69 Å². The van der Waals surface area contributed by atoms with Crippen LogP contribution in [0.4, 0.5) is 5.69 Å². The van der Waals surface area contributed by atoms with E-state index in [1.807, 2.05) is 36.4 Å².